The van der Waals surface area contributed by atoms with Crippen LogP contribution >= 0.6 is 0 Å². The van der Waals surface area contributed by atoms with Gasteiger partial charge in [-0.2, -0.15) is 4.31 Å². The Hall–Kier alpha value is -2.71. The van der Waals surface area contributed by atoms with Crippen LogP contribution in [0.3, 0.4) is 0 Å². The number of hydrogen-bond donors (Lipinski definition) is 1. The van der Waals surface area contributed by atoms with E-state index < -0.39 is 16.1 Å². The van der Waals surface area contributed by atoms with Crippen molar-refractivity contribution in [2.24, 2.45) is 0 Å². The molecule has 1 fully saturated rings. The van der Waals surface area contributed by atoms with E-state index in [1.165, 1.54) is 15.3 Å². The molecule has 0 radical (unpaired) electrons. The van der Waals surface area contributed by atoms with E-state index >= 15 is 0 Å². The summed E-state index contributed by atoms with van der Waals surface area (Å²) in [5.41, 5.74) is 0.869. The number of benzene rings is 2. The topological polar surface area (TPSA) is 86.8 Å². The number of rotatable bonds is 3. The van der Waals surface area contributed by atoms with Crippen molar-refractivity contribution in [3.63, 3.8) is 0 Å². The first-order chi connectivity index (χ1) is 13.0. The zero-order valence-corrected chi connectivity index (χ0v) is 15.4. The predicted octanol–water partition coefficient (Wildman–Crippen LogP) is 1.82. The molecule has 0 aromatic heterocycles. The van der Waals surface area contributed by atoms with Crippen LogP contribution in [0.5, 0.6) is 0 Å². The highest BCUT2D eigenvalue weighted by atomic mass is 32.2. The summed E-state index contributed by atoms with van der Waals surface area (Å²) in [5, 5.41) is 2.75. The summed E-state index contributed by atoms with van der Waals surface area (Å²) in [7, 11) is -3.78. The zero-order valence-electron chi connectivity index (χ0n) is 14.5. The smallest absolute Gasteiger partial charge is 0.245 e. The van der Waals surface area contributed by atoms with Crippen molar-refractivity contribution in [2.75, 3.05) is 23.3 Å². The van der Waals surface area contributed by atoms with Crippen LogP contribution in [0.25, 0.3) is 0 Å². The number of hydrogen-bond acceptors (Lipinski definition) is 4. The molecule has 2 amide bonds. The van der Waals surface area contributed by atoms with Gasteiger partial charge in [0.15, 0.2) is 0 Å². The highest BCUT2D eigenvalue weighted by Gasteiger charge is 2.46. The second kappa shape index (κ2) is 6.79. The summed E-state index contributed by atoms with van der Waals surface area (Å²) < 4.78 is 27.3. The van der Waals surface area contributed by atoms with Gasteiger partial charge in [0.25, 0.3) is 0 Å². The van der Waals surface area contributed by atoms with Crippen LogP contribution in [0.1, 0.15) is 12.8 Å². The van der Waals surface area contributed by atoms with Crippen molar-refractivity contribution in [1.82, 2.24) is 4.31 Å². The van der Waals surface area contributed by atoms with Crippen molar-refractivity contribution < 1.29 is 18.0 Å². The molecule has 1 saturated heterocycles. The van der Waals surface area contributed by atoms with E-state index in [4.69, 9.17) is 0 Å². The second-order valence-electron chi connectivity index (χ2n) is 6.58. The molecule has 2 aromatic carbocycles. The third kappa shape index (κ3) is 3.11. The fraction of sp³-hybridized carbons (Fsp3) is 0.263. The highest BCUT2D eigenvalue weighted by Crippen LogP contribution is 2.37. The zero-order chi connectivity index (χ0) is 19.0. The molecule has 0 spiro atoms. The molecule has 0 bridgehead atoms. The molecule has 4 rings (SSSR count). The number of sulfonamides is 1. The lowest BCUT2D eigenvalue weighted by molar-refractivity contribution is -0.123. The monoisotopic (exact) mass is 385 g/mol. The minimum atomic E-state index is -3.78. The van der Waals surface area contributed by atoms with Gasteiger partial charge < -0.3 is 10.2 Å². The minimum absolute atomic E-state index is 0.0651. The molecule has 2 aliphatic heterocycles. The Labute approximate surface area is 157 Å². The van der Waals surface area contributed by atoms with Gasteiger partial charge in [-0.05, 0) is 37.1 Å². The molecular weight excluding hydrogens is 366 g/mol. The largest absolute Gasteiger partial charge is 0.325 e. The van der Waals surface area contributed by atoms with Crippen LogP contribution in [-0.4, -0.2) is 43.7 Å². The number of carbonyl (C=O) groups is 2. The fourth-order valence-electron chi connectivity index (χ4n) is 3.63. The number of fused-ring (bicyclic) bond motifs is 2. The number of anilines is 2. The summed E-state index contributed by atoms with van der Waals surface area (Å²) in [4.78, 5) is 27.0. The van der Waals surface area contributed by atoms with E-state index in [1.807, 2.05) is 6.07 Å². The Bertz CT molecular complexity index is 991. The molecule has 2 aromatic rings. The normalized spacial score (nSPS) is 21.3. The van der Waals surface area contributed by atoms with Crippen molar-refractivity contribution in [1.29, 1.82) is 0 Å². The van der Waals surface area contributed by atoms with E-state index in [0.717, 1.165) is 0 Å². The Balaban J connectivity index is 1.70. The first kappa shape index (κ1) is 17.7. The number of nitrogens with one attached hydrogen (secondary N) is 1. The van der Waals surface area contributed by atoms with Crippen LogP contribution in [0.15, 0.2) is 59.5 Å². The van der Waals surface area contributed by atoms with Gasteiger partial charge in [-0.15, -0.1) is 0 Å². The minimum Gasteiger partial charge on any atom is -0.325 e. The van der Waals surface area contributed by atoms with Gasteiger partial charge in [0.05, 0.1) is 5.69 Å². The Kier molecular flexibility index (Phi) is 4.45. The molecule has 1 atom stereocenters. The van der Waals surface area contributed by atoms with Gasteiger partial charge in [0.1, 0.15) is 17.5 Å². The van der Waals surface area contributed by atoms with Crippen molar-refractivity contribution in [3.8, 4) is 0 Å². The average molecular weight is 385 g/mol. The van der Waals surface area contributed by atoms with Crippen LogP contribution in [0.4, 0.5) is 11.4 Å². The molecule has 1 N–H and O–H groups in total. The van der Waals surface area contributed by atoms with Crippen LogP contribution < -0.4 is 10.2 Å². The Morgan fingerprint density at radius 3 is 2.56 bits per heavy atom. The van der Waals surface area contributed by atoms with E-state index in [-0.39, 0.29) is 28.9 Å². The van der Waals surface area contributed by atoms with Crippen molar-refractivity contribution in [2.45, 2.75) is 23.8 Å². The molecule has 2 aliphatic rings. The van der Waals surface area contributed by atoms with Crippen LogP contribution in [-0.2, 0) is 19.6 Å². The van der Waals surface area contributed by atoms with E-state index in [2.05, 4.69) is 5.32 Å². The molecule has 0 unspecified atom stereocenters. The van der Waals surface area contributed by atoms with Crippen molar-refractivity contribution in [3.05, 3.63) is 54.6 Å². The van der Waals surface area contributed by atoms with Crippen LogP contribution in [0, 0.1) is 0 Å². The molecule has 8 heteroatoms. The molecule has 0 saturated carbocycles. The molecule has 2 heterocycles. The molecule has 7 nitrogen and oxygen atoms in total. The van der Waals surface area contributed by atoms with Gasteiger partial charge in [-0.25, -0.2) is 8.42 Å². The Morgan fingerprint density at radius 2 is 1.78 bits per heavy atom. The maximum absolute atomic E-state index is 13.1. The average Bonchev–Trinajstić information content (AvgIpc) is 3.15. The first-order valence-electron chi connectivity index (χ1n) is 8.75. The van der Waals surface area contributed by atoms with E-state index in [9.17, 15) is 18.0 Å². The van der Waals surface area contributed by atoms with Gasteiger partial charge in [-0.1, -0.05) is 30.3 Å². The molecular formula is C19H19N3O4S. The standard InChI is InChI=1S/C19H19N3O4S/c23-18(20-14-7-2-1-3-8-14)13-21-15-9-4-5-11-17(15)27(25,26)22-12-6-10-16(22)19(21)24/h1-5,7-9,11,16H,6,10,12-13H2,(H,20,23)/t16-/m1/s1. The van der Waals surface area contributed by atoms with Gasteiger partial charge in [-0.3, -0.25) is 9.59 Å². The van der Waals surface area contributed by atoms with Crippen LogP contribution in [0.2, 0.25) is 0 Å². The predicted molar refractivity (Wildman–Crippen MR) is 101 cm³/mol. The quantitative estimate of drug-likeness (QED) is 0.873. The van der Waals surface area contributed by atoms with Gasteiger partial charge in [0, 0.05) is 12.2 Å². The number of para-hydroxylation sites is 2. The number of amides is 2. The molecule has 140 valence electrons. The SMILES string of the molecule is O=C(CN1C(=O)[C@H]2CCCN2S(=O)(=O)c2ccccc21)Nc1ccccc1. The number of nitrogens with zero attached hydrogens (tertiary/aromatic N) is 2. The summed E-state index contributed by atoms with van der Waals surface area (Å²) in [6.07, 6.45) is 1.09. The van der Waals surface area contributed by atoms with Gasteiger partial charge in [0.2, 0.25) is 21.8 Å². The summed E-state index contributed by atoms with van der Waals surface area (Å²) in [5.74, 6) is -0.738. The summed E-state index contributed by atoms with van der Waals surface area (Å²) in [6, 6.07) is 14.5. The van der Waals surface area contributed by atoms with Gasteiger partial charge >= 0.3 is 0 Å². The maximum Gasteiger partial charge on any atom is 0.245 e. The van der Waals surface area contributed by atoms with Crippen molar-refractivity contribution >= 4 is 33.2 Å². The first-order valence-corrected chi connectivity index (χ1v) is 10.2. The van der Waals surface area contributed by atoms with E-state index in [1.54, 1.807) is 42.5 Å². The second-order valence-corrected chi connectivity index (χ2v) is 8.44. The Morgan fingerprint density at radius 1 is 1.07 bits per heavy atom. The fourth-order valence-corrected chi connectivity index (χ4v) is 5.47. The molecule has 27 heavy (non-hydrogen) atoms. The lowest BCUT2D eigenvalue weighted by Crippen LogP contribution is -2.47. The third-order valence-corrected chi connectivity index (χ3v) is 6.81. The summed E-state index contributed by atoms with van der Waals surface area (Å²) >= 11 is 0. The summed E-state index contributed by atoms with van der Waals surface area (Å²) in [6.45, 7) is 0.0712. The lowest BCUT2D eigenvalue weighted by Gasteiger charge is -2.24. The third-order valence-electron chi connectivity index (χ3n) is 4.86. The maximum atomic E-state index is 13.1. The lowest BCUT2D eigenvalue weighted by atomic mass is 10.1. The highest BCUT2D eigenvalue weighted by molar-refractivity contribution is 7.89. The molecule has 0 aliphatic carbocycles. The number of carbonyl (C=O) groups excluding carboxylic acids is 2. The van der Waals surface area contributed by atoms with E-state index in [0.29, 0.717) is 25.1 Å².